The van der Waals surface area contributed by atoms with Crippen molar-refractivity contribution in [2.24, 2.45) is 0 Å². The second-order valence-electron chi connectivity index (χ2n) is 10.0. The van der Waals surface area contributed by atoms with E-state index in [1.807, 2.05) is 26.0 Å². The summed E-state index contributed by atoms with van der Waals surface area (Å²) >= 11 is 0. The smallest absolute Gasteiger partial charge is 0.244 e. The van der Waals surface area contributed by atoms with Crippen LogP contribution < -0.4 is 0 Å². The standard InChI is InChI=1S/C27H37NO4SSi/c1-9-20-28(33(29,30)26-18-12-22(2)13-19-26)21-10-11-25(32-34(7,8)27(4,5)6)17-16-24-15-14-23(3)31-24/h1,12-15,18-19,25H,16-17,20-21H2,2-8H3. The third-order valence-corrected chi connectivity index (χ3v) is 12.4. The maximum Gasteiger partial charge on any atom is 0.244 e. The first-order chi connectivity index (χ1) is 15.8. The van der Waals surface area contributed by atoms with Crippen LogP contribution in [0.15, 0.2) is 45.7 Å². The molecule has 0 spiro atoms. The van der Waals surface area contributed by atoms with E-state index in [0.717, 1.165) is 17.1 Å². The summed E-state index contributed by atoms with van der Waals surface area (Å²) in [7, 11) is -5.83. The average molecular weight is 500 g/mol. The Hall–Kier alpha value is -2.29. The summed E-state index contributed by atoms with van der Waals surface area (Å²) in [5.74, 6) is 10.4. The highest BCUT2D eigenvalue weighted by atomic mass is 32.2. The van der Waals surface area contributed by atoms with Gasteiger partial charge in [-0.1, -0.05) is 56.2 Å². The minimum atomic E-state index is -3.75. The van der Waals surface area contributed by atoms with Gasteiger partial charge in [-0.15, -0.1) is 6.42 Å². The van der Waals surface area contributed by atoms with Crippen LogP contribution in [-0.2, 0) is 20.9 Å². The van der Waals surface area contributed by atoms with E-state index < -0.39 is 18.3 Å². The van der Waals surface area contributed by atoms with Gasteiger partial charge in [0, 0.05) is 6.42 Å². The Bertz CT molecular complexity index is 1160. The molecule has 34 heavy (non-hydrogen) atoms. The van der Waals surface area contributed by atoms with E-state index in [9.17, 15) is 8.42 Å². The Morgan fingerprint density at radius 3 is 2.26 bits per heavy atom. The molecule has 0 aliphatic rings. The van der Waals surface area contributed by atoms with E-state index in [-0.39, 0.29) is 29.1 Å². The van der Waals surface area contributed by atoms with Gasteiger partial charge in [-0.05, 0) is 62.7 Å². The molecule has 1 heterocycles. The lowest BCUT2D eigenvalue weighted by atomic mass is 10.2. The van der Waals surface area contributed by atoms with Crippen LogP contribution in [-0.4, -0.2) is 40.2 Å². The van der Waals surface area contributed by atoms with Gasteiger partial charge in [0.25, 0.3) is 0 Å². The van der Waals surface area contributed by atoms with E-state index in [1.54, 1.807) is 24.3 Å². The predicted molar refractivity (Wildman–Crippen MR) is 140 cm³/mol. The first-order valence-electron chi connectivity index (χ1n) is 11.5. The summed E-state index contributed by atoms with van der Waals surface area (Å²) < 4.78 is 39.7. The molecule has 0 aliphatic heterocycles. The van der Waals surface area contributed by atoms with Crippen LogP contribution in [0, 0.1) is 38.0 Å². The summed E-state index contributed by atoms with van der Waals surface area (Å²) in [6.07, 6.45) is 6.49. The van der Waals surface area contributed by atoms with Crippen molar-refractivity contribution in [3.8, 4) is 24.2 Å². The van der Waals surface area contributed by atoms with Crippen LogP contribution in [0.5, 0.6) is 0 Å². The highest BCUT2D eigenvalue weighted by molar-refractivity contribution is 7.89. The lowest BCUT2D eigenvalue weighted by Crippen LogP contribution is -2.43. The van der Waals surface area contributed by atoms with Gasteiger partial charge in [-0.25, -0.2) is 8.42 Å². The third-order valence-electron chi connectivity index (χ3n) is 6.14. The van der Waals surface area contributed by atoms with Crippen molar-refractivity contribution in [2.45, 2.75) is 76.6 Å². The number of rotatable bonds is 9. The van der Waals surface area contributed by atoms with E-state index in [2.05, 4.69) is 51.6 Å². The van der Waals surface area contributed by atoms with Crippen molar-refractivity contribution in [3.63, 3.8) is 0 Å². The van der Waals surface area contributed by atoms with Crippen molar-refractivity contribution in [3.05, 3.63) is 53.5 Å². The molecule has 5 nitrogen and oxygen atoms in total. The lowest BCUT2D eigenvalue weighted by Gasteiger charge is -2.38. The van der Waals surface area contributed by atoms with Crippen LogP contribution in [0.25, 0.3) is 0 Å². The molecule has 0 fully saturated rings. The van der Waals surface area contributed by atoms with Crippen LogP contribution in [0.4, 0.5) is 0 Å². The SMILES string of the molecule is C#CCN(CC#CC(CCc1ccc(C)o1)O[Si](C)(C)C(C)(C)C)S(=O)(=O)c1ccc(C)cc1. The van der Waals surface area contributed by atoms with Crippen molar-refractivity contribution in [1.29, 1.82) is 0 Å². The van der Waals surface area contributed by atoms with E-state index in [1.165, 1.54) is 4.31 Å². The molecule has 2 aromatic rings. The summed E-state index contributed by atoms with van der Waals surface area (Å²) in [6, 6.07) is 10.6. The number of aryl methyl sites for hydroxylation is 3. The normalized spacial score (nSPS) is 13.3. The Labute approximate surface area is 207 Å². The monoisotopic (exact) mass is 499 g/mol. The van der Waals surface area contributed by atoms with Gasteiger partial charge in [0.15, 0.2) is 8.32 Å². The van der Waals surface area contributed by atoms with Gasteiger partial charge in [0.2, 0.25) is 10.0 Å². The Morgan fingerprint density at radius 1 is 1.09 bits per heavy atom. The first kappa shape index (κ1) is 27.9. The second kappa shape index (κ2) is 11.4. The zero-order chi connectivity index (χ0) is 25.6. The number of sulfonamides is 1. The fourth-order valence-corrected chi connectivity index (χ4v) is 5.52. The fraction of sp³-hybridized carbons (Fsp3) is 0.481. The predicted octanol–water partition coefficient (Wildman–Crippen LogP) is 5.55. The van der Waals surface area contributed by atoms with Crippen molar-refractivity contribution < 1.29 is 17.3 Å². The Morgan fingerprint density at radius 2 is 1.74 bits per heavy atom. The summed E-state index contributed by atoms with van der Waals surface area (Å²) in [5, 5.41) is 0.0263. The molecule has 1 unspecified atom stereocenters. The number of terminal acetylenes is 1. The molecule has 2 rings (SSSR count). The molecule has 0 N–H and O–H groups in total. The summed E-state index contributed by atoms with van der Waals surface area (Å²) in [4.78, 5) is 0.206. The quantitative estimate of drug-likeness (QED) is 0.335. The summed E-state index contributed by atoms with van der Waals surface area (Å²) in [5.41, 5.74) is 0.986. The average Bonchev–Trinajstić information content (AvgIpc) is 3.15. The topological polar surface area (TPSA) is 59.8 Å². The molecule has 184 valence electrons. The Kier molecular flexibility index (Phi) is 9.39. The van der Waals surface area contributed by atoms with Crippen LogP contribution in [0.1, 0.15) is 44.3 Å². The zero-order valence-electron chi connectivity index (χ0n) is 21.4. The zero-order valence-corrected chi connectivity index (χ0v) is 23.3. The van der Waals surface area contributed by atoms with Crippen LogP contribution in [0.3, 0.4) is 0 Å². The number of nitrogens with zero attached hydrogens (tertiary/aromatic N) is 1. The molecule has 0 aliphatic carbocycles. The minimum Gasteiger partial charge on any atom is -0.466 e. The van der Waals surface area contributed by atoms with Crippen LogP contribution in [0.2, 0.25) is 18.1 Å². The molecule has 0 radical (unpaired) electrons. The lowest BCUT2D eigenvalue weighted by molar-refractivity contribution is 0.220. The van der Waals surface area contributed by atoms with Gasteiger partial charge >= 0.3 is 0 Å². The minimum absolute atomic E-state index is 0.00235. The third kappa shape index (κ3) is 7.61. The summed E-state index contributed by atoms with van der Waals surface area (Å²) in [6.45, 7) is 14.7. The molecular weight excluding hydrogens is 462 g/mol. The van der Waals surface area contributed by atoms with Gasteiger partial charge < -0.3 is 8.84 Å². The van der Waals surface area contributed by atoms with E-state index in [0.29, 0.717) is 12.8 Å². The maximum atomic E-state index is 13.1. The molecule has 0 bridgehead atoms. The second-order valence-corrected chi connectivity index (χ2v) is 16.7. The van der Waals surface area contributed by atoms with Gasteiger partial charge in [-0.3, -0.25) is 0 Å². The molecule has 1 aromatic carbocycles. The first-order valence-corrected chi connectivity index (χ1v) is 15.8. The van der Waals surface area contributed by atoms with Crippen molar-refractivity contribution in [2.75, 3.05) is 13.1 Å². The largest absolute Gasteiger partial charge is 0.466 e. The van der Waals surface area contributed by atoms with E-state index in [4.69, 9.17) is 15.3 Å². The molecule has 1 aromatic heterocycles. The van der Waals surface area contributed by atoms with E-state index >= 15 is 0 Å². The van der Waals surface area contributed by atoms with Crippen molar-refractivity contribution in [1.82, 2.24) is 4.31 Å². The molecule has 7 heteroatoms. The highest BCUT2D eigenvalue weighted by Gasteiger charge is 2.39. The Balaban J connectivity index is 2.24. The fourth-order valence-electron chi connectivity index (χ4n) is 3.02. The molecule has 0 saturated heterocycles. The number of furan rings is 1. The number of benzene rings is 1. The number of hydrogen-bond acceptors (Lipinski definition) is 4. The molecular formula is C27H37NO4SSi. The molecule has 1 atom stereocenters. The van der Waals surface area contributed by atoms with Crippen molar-refractivity contribution >= 4 is 18.3 Å². The maximum absolute atomic E-state index is 13.1. The van der Waals surface area contributed by atoms with Gasteiger partial charge in [0.1, 0.15) is 17.6 Å². The molecule has 0 saturated carbocycles. The highest BCUT2D eigenvalue weighted by Crippen LogP contribution is 2.37. The van der Waals surface area contributed by atoms with Crippen LogP contribution >= 0.6 is 0 Å². The van der Waals surface area contributed by atoms with Gasteiger partial charge in [-0.2, -0.15) is 4.31 Å². The van der Waals surface area contributed by atoms with Gasteiger partial charge in [0.05, 0.1) is 18.0 Å². The molecule has 0 amide bonds. The number of hydrogen-bond donors (Lipinski definition) is 0.